The molecule has 0 radical (unpaired) electrons. The Hall–Kier alpha value is -0.195. The molecule has 0 saturated carbocycles. The zero-order valence-electron chi connectivity index (χ0n) is 3.44. The van der Waals surface area contributed by atoms with E-state index in [0.29, 0.717) is 0 Å². The lowest BCUT2D eigenvalue weighted by Gasteiger charge is -1.71. The molecular formula is C4H7B. The summed E-state index contributed by atoms with van der Waals surface area (Å²) in [6.45, 7) is 2.20. The van der Waals surface area contributed by atoms with Crippen molar-refractivity contribution in [3.8, 4) is 0 Å². The molecular weight excluding hydrogens is 58.9 g/mol. The molecule has 0 spiro atoms. The summed E-state index contributed by atoms with van der Waals surface area (Å²) < 4.78 is 0. The van der Waals surface area contributed by atoms with Crippen LogP contribution in [0.15, 0.2) is 12.2 Å². The van der Waals surface area contributed by atoms with Crippen LogP contribution in [0.3, 0.4) is 0 Å². The lowest BCUT2D eigenvalue weighted by Crippen LogP contribution is -1.74. The maximum atomic E-state index is 2.22. The predicted octanol–water partition coefficient (Wildman–Crippen LogP) is 0.829. The van der Waals surface area contributed by atoms with Crippen LogP contribution in [0.1, 0.15) is 0 Å². The molecule has 1 heteroatoms. The van der Waals surface area contributed by atoms with Gasteiger partial charge in [0.15, 0.2) is 0 Å². The van der Waals surface area contributed by atoms with E-state index in [-0.39, 0.29) is 0 Å². The second-order valence-corrected chi connectivity index (χ2v) is 1.46. The van der Waals surface area contributed by atoms with Crippen LogP contribution in [0.25, 0.3) is 0 Å². The molecule has 5 heavy (non-hydrogen) atoms. The minimum absolute atomic E-state index is 0.884. The van der Waals surface area contributed by atoms with Gasteiger partial charge in [0.25, 0.3) is 0 Å². The molecule has 26 valence electrons. The number of rotatable bonds is 1. The smallest absolute Gasteiger partial charge is 0.0895 e. The van der Waals surface area contributed by atoms with Crippen molar-refractivity contribution in [2.75, 3.05) is 0 Å². The quantitative estimate of drug-likeness (QED) is 0.314. The average molecular weight is 65.9 g/mol. The number of hydrogen-bond acceptors (Lipinski definition) is 0. The molecule has 0 aromatic carbocycles. The Morgan fingerprint density at radius 2 is 2.20 bits per heavy atom. The van der Waals surface area contributed by atoms with E-state index in [1.165, 1.54) is 7.28 Å². The van der Waals surface area contributed by atoms with Crippen LogP contribution in [-0.2, 0) is 0 Å². The van der Waals surface area contributed by atoms with E-state index in [1.807, 2.05) is 0 Å². The van der Waals surface area contributed by atoms with E-state index in [1.54, 1.807) is 0 Å². The van der Waals surface area contributed by atoms with Crippen LogP contribution >= 0.6 is 0 Å². The van der Waals surface area contributed by atoms with Gasteiger partial charge >= 0.3 is 0 Å². The first-order valence-corrected chi connectivity index (χ1v) is 2.12. The first-order chi connectivity index (χ1) is 2.43. The van der Waals surface area contributed by atoms with Crippen molar-refractivity contribution in [2.24, 2.45) is 0 Å². The summed E-state index contributed by atoms with van der Waals surface area (Å²) in [6.07, 6.45) is 4.44. The molecule has 0 aromatic heterocycles. The van der Waals surface area contributed by atoms with Gasteiger partial charge in [-0.3, -0.25) is 0 Å². The van der Waals surface area contributed by atoms with Gasteiger partial charge in [-0.1, -0.05) is 19.0 Å². The lowest BCUT2D eigenvalue weighted by molar-refractivity contribution is 1.61. The number of hydrogen-bond donors (Lipinski definition) is 0. The van der Waals surface area contributed by atoms with E-state index in [2.05, 4.69) is 19.0 Å². The molecule has 1 rings (SSSR count). The fourth-order valence-electron chi connectivity index (χ4n) is 0.351. The highest BCUT2D eigenvalue weighted by Crippen LogP contribution is 2.20. The minimum atomic E-state index is 0.884. The lowest BCUT2D eigenvalue weighted by atomic mass is 9.74. The molecule has 0 bridgehead atoms. The van der Waals surface area contributed by atoms with Gasteiger partial charge in [0.05, 0.1) is 0 Å². The highest BCUT2D eigenvalue weighted by molar-refractivity contribution is 6.39. The second-order valence-electron chi connectivity index (χ2n) is 1.46. The summed E-state index contributed by atoms with van der Waals surface area (Å²) in [5.74, 6) is 0.884. The standard InChI is InChI=1S/C4H7B/c1-5-4-2-3-4/h2-5H,1H3. The first kappa shape index (κ1) is 3.01. The van der Waals surface area contributed by atoms with Crippen LogP contribution in [-0.4, -0.2) is 7.28 Å². The van der Waals surface area contributed by atoms with Crippen molar-refractivity contribution in [3.05, 3.63) is 12.2 Å². The minimum Gasteiger partial charge on any atom is -0.0895 e. The molecule has 0 amide bonds. The van der Waals surface area contributed by atoms with Crippen molar-refractivity contribution in [1.82, 2.24) is 0 Å². The Morgan fingerprint density at radius 3 is 2.20 bits per heavy atom. The topological polar surface area (TPSA) is 0 Å². The van der Waals surface area contributed by atoms with Crippen molar-refractivity contribution >= 4 is 7.28 Å². The zero-order valence-corrected chi connectivity index (χ0v) is 3.44. The third kappa shape index (κ3) is 0.537. The van der Waals surface area contributed by atoms with Gasteiger partial charge in [-0.25, -0.2) is 0 Å². The fraction of sp³-hybridized carbons (Fsp3) is 0.500. The molecule has 0 aliphatic heterocycles. The van der Waals surface area contributed by atoms with Crippen LogP contribution in [0.4, 0.5) is 0 Å². The third-order valence-corrected chi connectivity index (χ3v) is 0.936. The van der Waals surface area contributed by atoms with Crippen LogP contribution in [0, 0.1) is 0 Å². The molecule has 0 fully saturated rings. The number of allylic oxidation sites excluding steroid dienone is 2. The molecule has 0 heterocycles. The van der Waals surface area contributed by atoms with Crippen molar-refractivity contribution in [3.63, 3.8) is 0 Å². The van der Waals surface area contributed by atoms with Gasteiger partial charge in [-0.05, 0) is 5.82 Å². The zero-order chi connectivity index (χ0) is 3.70. The molecule has 1 aliphatic rings. The maximum Gasteiger partial charge on any atom is 0.130 e. The second kappa shape index (κ2) is 0.888. The highest BCUT2D eigenvalue weighted by Gasteiger charge is 2.05. The van der Waals surface area contributed by atoms with Gasteiger partial charge < -0.3 is 0 Å². The Kier molecular flexibility index (Phi) is 0.535. The van der Waals surface area contributed by atoms with E-state index in [4.69, 9.17) is 0 Å². The average Bonchev–Trinajstić information content (AvgIpc) is 2.12. The van der Waals surface area contributed by atoms with Crippen molar-refractivity contribution in [2.45, 2.75) is 12.6 Å². The monoisotopic (exact) mass is 66.1 g/mol. The molecule has 0 saturated heterocycles. The Bertz CT molecular complexity index is 50.7. The molecule has 0 aromatic rings. The van der Waals surface area contributed by atoms with Crippen LogP contribution < -0.4 is 0 Å². The summed E-state index contributed by atoms with van der Waals surface area (Å²) in [6, 6.07) is 0. The van der Waals surface area contributed by atoms with E-state index >= 15 is 0 Å². The summed E-state index contributed by atoms with van der Waals surface area (Å²) >= 11 is 0. The largest absolute Gasteiger partial charge is 0.130 e. The first-order valence-electron chi connectivity index (χ1n) is 2.12. The Labute approximate surface area is 33.1 Å². The predicted molar refractivity (Wildman–Crippen MR) is 25.9 cm³/mol. The third-order valence-electron chi connectivity index (χ3n) is 0.936. The summed E-state index contributed by atoms with van der Waals surface area (Å²) in [7, 11) is 1.31. The van der Waals surface area contributed by atoms with E-state index < -0.39 is 0 Å². The van der Waals surface area contributed by atoms with Gasteiger partial charge in [-0.2, -0.15) is 0 Å². The Morgan fingerprint density at radius 1 is 1.60 bits per heavy atom. The normalized spacial score (nSPS) is 19.4. The van der Waals surface area contributed by atoms with Gasteiger partial charge in [0.2, 0.25) is 0 Å². The van der Waals surface area contributed by atoms with E-state index in [0.717, 1.165) is 5.82 Å². The summed E-state index contributed by atoms with van der Waals surface area (Å²) in [5.41, 5.74) is 0. The summed E-state index contributed by atoms with van der Waals surface area (Å²) in [5, 5.41) is 0. The van der Waals surface area contributed by atoms with Gasteiger partial charge in [0, 0.05) is 0 Å². The van der Waals surface area contributed by atoms with E-state index in [9.17, 15) is 0 Å². The molecule has 0 unspecified atom stereocenters. The molecule has 0 N–H and O–H groups in total. The van der Waals surface area contributed by atoms with Crippen LogP contribution in [0.2, 0.25) is 12.6 Å². The van der Waals surface area contributed by atoms with Crippen LogP contribution in [0.5, 0.6) is 0 Å². The highest BCUT2D eigenvalue weighted by atomic mass is 14.0. The molecule has 0 nitrogen and oxygen atoms in total. The Balaban J connectivity index is 2.06. The van der Waals surface area contributed by atoms with Crippen molar-refractivity contribution in [1.29, 1.82) is 0 Å². The van der Waals surface area contributed by atoms with Gasteiger partial charge in [0.1, 0.15) is 7.28 Å². The molecule has 0 atom stereocenters. The maximum absolute atomic E-state index is 2.22. The van der Waals surface area contributed by atoms with Crippen molar-refractivity contribution < 1.29 is 0 Å². The summed E-state index contributed by atoms with van der Waals surface area (Å²) in [4.78, 5) is 0. The SMILES string of the molecule is CBC1C=C1. The molecule has 1 aliphatic carbocycles. The fourth-order valence-corrected chi connectivity index (χ4v) is 0.351. The van der Waals surface area contributed by atoms with Gasteiger partial charge in [-0.15, -0.1) is 0 Å².